The van der Waals surface area contributed by atoms with Crippen LogP contribution in [0.1, 0.15) is 131 Å². The molecule has 14 unspecified atom stereocenters. The second-order valence-electron chi connectivity index (χ2n) is 25.2. The Bertz CT molecular complexity index is 1780. The van der Waals surface area contributed by atoms with Crippen LogP contribution in [0.5, 0.6) is 0 Å². The molecule has 7 fully saturated rings. The molecule has 0 aromatic carbocycles. The predicted octanol–water partition coefficient (Wildman–Crippen LogP) is 6.12. The fraction of sp³-hybridized carbons (Fsp3) is 1.00. The molecular weight excluding hydrogens is 2120 g/mol. The molecule has 0 amide bonds. The van der Waals surface area contributed by atoms with Crippen LogP contribution in [0.25, 0.3) is 0 Å². The molecule has 0 saturated carbocycles. The molecule has 5 radical (unpaired) electrons. The van der Waals surface area contributed by atoms with Gasteiger partial charge in [0.25, 0.3) is 0 Å². The standard InChI is InChI=1S/C58H104O18.5Ac/c1-19-41-49(27(5)25(3)38(16)64-41)73-53-33(11)28(6)48(40(18)65-53)72-58-37(15)46(63)52(45(23-62)70-58)76-54-34(12)29(7)47(39(17)66-54)71-56-35(13)30(8)51(43(21-60)68-56)75-57-36(14)31(9)50(44(22-61)69-57)74-55-32(10)24(2)26(4)42(20-59)67-55;;;;;/h24-63H,19-23H2,1-18H3;;;;;/t24-,25?,26+,27+,28?,29+,30+,31+,32?,33?,34?,35?,36?,37?,38-,39?,40-,41?,42?,43?,44?,45+,46?,47+,48-,49+,50+,51+,52+,53+,54-,55-,56-,57-,58+;;;;;/m0...../s1. The number of hydrogen-bond donors (Lipinski definition) is 5. The number of hydrogen-bond acceptors (Lipinski definition) is 18. The fourth-order valence-electron chi connectivity index (χ4n) is 13.5. The van der Waals surface area contributed by atoms with Gasteiger partial charge in [0.1, 0.15) is 24.4 Å². The quantitative estimate of drug-likeness (QED) is 0.111. The summed E-state index contributed by atoms with van der Waals surface area (Å²) in [7, 11) is 0. The summed E-state index contributed by atoms with van der Waals surface area (Å²) < 4.78 is 85.7. The minimum absolute atomic E-state index is 0. The number of ether oxygens (including phenoxy) is 13. The van der Waals surface area contributed by atoms with Crippen LogP contribution in [0.2, 0.25) is 0 Å². The molecule has 0 aromatic rings. The molecular formula is C58H104Ac5O18. The van der Waals surface area contributed by atoms with E-state index in [4.69, 9.17) is 61.6 Å². The van der Waals surface area contributed by atoms with Gasteiger partial charge >= 0.3 is 0 Å². The van der Waals surface area contributed by atoms with Gasteiger partial charge in [0, 0.05) is 256 Å². The average Bonchev–Trinajstić information content (AvgIpc) is 3.40. The normalized spacial score (nSPS) is 51.2. The van der Waals surface area contributed by atoms with Gasteiger partial charge in [-0.25, -0.2) is 0 Å². The number of aliphatic hydroxyl groups is 5. The van der Waals surface area contributed by atoms with Gasteiger partial charge in [-0.2, -0.15) is 0 Å². The van der Waals surface area contributed by atoms with Gasteiger partial charge in [0.2, 0.25) is 0 Å². The summed E-state index contributed by atoms with van der Waals surface area (Å²) >= 11 is 0. The first-order valence-corrected chi connectivity index (χ1v) is 29.5. The number of rotatable bonds is 17. The van der Waals surface area contributed by atoms with Crippen LogP contribution in [0, 0.1) is 303 Å². The molecule has 18 nitrogen and oxygen atoms in total. The maximum atomic E-state index is 11.9. The third-order valence-corrected chi connectivity index (χ3v) is 20.8. The zero-order valence-corrected chi connectivity index (χ0v) is 75.9. The summed E-state index contributed by atoms with van der Waals surface area (Å²) in [4.78, 5) is 0. The molecule has 0 spiro atoms. The second kappa shape index (κ2) is 37.7. The number of aliphatic hydroxyl groups excluding tert-OH is 5. The topological polar surface area (TPSA) is 221 Å². The van der Waals surface area contributed by atoms with Gasteiger partial charge in [-0.3, -0.25) is 0 Å². The van der Waals surface area contributed by atoms with Crippen molar-refractivity contribution < 1.29 is 307 Å². The Morgan fingerprint density at radius 1 is 0.259 bits per heavy atom. The maximum Gasteiger partial charge on any atom is 0.163 e. The average molecular weight is 2220 g/mol. The molecule has 7 rings (SSSR count). The SMILES string of the molecule is CCC1O[C@@H](C)C(C)[C@@H](C)[C@H]1O[C@H]1O[C@@H](C)[C@@H](O[C@H]2O[C@H](CO)[C@@H](O[C@@H]3OC(C)[C@H](O[C@@H]4OC(CO)[C@H](O[C@@H]5OC(CO)[C@H](O[C@@H]6OC(CO)[C@H](C)[C@H](C)C6C)[C@H](C)C5C)[C@H](C)C4C)[C@H](C)C3C)C(O)C2C)C(C)C1C.[Ac].[Ac].[Ac].[Ac].[Ac]. The molecule has 0 bridgehead atoms. The van der Waals surface area contributed by atoms with Crippen LogP contribution in [0.15, 0.2) is 0 Å². The largest absolute Gasteiger partial charge is 0.394 e. The fourth-order valence-corrected chi connectivity index (χ4v) is 13.5. The van der Waals surface area contributed by atoms with Crippen molar-refractivity contribution in [3.05, 3.63) is 0 Å². The van der Waals surface area contributed by atoms with E-state index in [1.807, 2.05) is 34.6 Å². The molecule has 459 valence electrons. The zero-order chi connectivity index (χ0) is 55.9. The first-order chi connectivity index (χ1) is 35.9. The van der Waals surface area contributed by atoms with Crippen molar-refractivity contribution >= 4 is 0 Å². The van der Waals surface area contributed by atoms with Gasteiger partial charge in [0.15, 0.2) is 37.7 Å². The maximum absolute atomic E-state index is 11.9. The van der Waals surface area contributed by atoms with Crippen molar-refractivity contribution in [1.29, 1.82) is 0 Å². The Labute approximate surface area is 665 Å². The minimum Gasteiger partial charge on any atom is -0.394 e. The van der Waals surface area contributed by atoms with E-state index in [0.717, 1.165) is 6.42 Å². The summed E-state index contributed by atoms with van der Waals surface area (Å²) in [6.45, 7) is 36.4. The Kier molecular flexibility index (Phi) is 38.9. The van der Waals surface area contributed by atoms with Crippen molar-refractivity contribution in [2.45, 2.75) is 260 Å². The molecule has 5 N–H and O–H groups in total. The van der Waals surface area contributed by atoms with E-state index in [2.05, 4.69) is 90.0 Å². The van der Waals surface area contributed by atoms with Crippen LogP contribution in [0.4, 0.5) is 0 Å². The summed E-state index contributed by atoms with van der Waals surface area (Å²) in [6.07, 6.45) is -10.4. The first-order valence-electron chi connectivity index (χ1n) is 29.5. The van der Waals surface area contributed by atoms with Gasteiger partial charge in [-0.15, -0.1) is 0 Å². The summed E-state index contributed by atoms with van der Waals surface area (Å²) in [5.41, 5.74) is 0. The van der Waals surface area contributed by atoms with E-state index in [0.29, 0.717) is 11.8 Å². The van der Waals surface area contributed by atoms with E-state index in [1.54, 1.807) is 0 Å². The summed E-state index contributed by atoms with van der Waals surface area (Å²) in [5, 5.41) is 54.2. The Hall–Kier alpha value is 6.49. The smallest absolute Gasteiger partial charge is 0.163 e. The second-order valence-corrected chi connectivity index (χ2v) is 25.2. The van der Waals surface area contributed by atoms with E-state index in [1.165, 1.54) is 0 Å². The molecule has 81 heavy (non-hydrogen) atoms. The van der Waals surface area contributed by atoms with Gasteiger partial charge in [-0.05, 0) is 74.5 Å². The van der Waals surface area contributed by atoms with Crippen LogP contribution < -0.4 is 0 Å². The van der Waals surface area contributed by atoms with Gasteiger partial charge < -0.3 is 87.1 Å². The van der Waals surface area contributed by atoms with Crippen molar-refractivity contribution in [2.24, 2.45) is 82.9 Å². The molecule has 7 heterocycles. The van der Waals surface area contributed by atoms with Crippen molar-refractivity contribution in [2.75, 3.05) is 26.4 Å². The van der Waals surface area contributed by atoms with E-state index < -0.39 is 105 Å². The van der Waals surface area contributed by atoms with Crippen LogP contribution in [-0.4, -0.2) is 181 Å². The van der Waals surface area contributed by atoms with Crippen molar-refractivity contribution in [3.63, 3.8) is 0 Å². The Morgan fingerprint density at radius 3 is 0.901 bits per heavy atom. The van der Waals surface area contributed by atoms with Gasteiger partial charge in [-0.1, -0.05) is 104 Å². The molecule has 7 aliphatic heterocycles. The van der Waals surface area contributed by atoms with Crippen LogP contribution in [0.3, 0.4) is 0 Å². The summed E-state index contributed by atoms with van der Waals surface area (Å²) in [6, 6.07) is 0. The van der Waals surface area contributed by atoms with E-state index in [-0.39, 0.29) is 342 Å². The molecule has 7 aliphatic rings. The Balaban J connectivity index is 0.00000448. The minimum atomic E-state index is -1.05. The van der Waals surface area contributed by atoms with Crippen molar-refractivity contribution in [1.82, 2.24) is 0 Å². The summed E-state index contributed by atoms with van der Waals surface area (Å²) in [5.74, 6) is -0.261. The predicted molar refractivity (Wildman–Crippen MR) is 280 cm³/mol. The van der Waals surface area contributed by atoms with Crippen LogP contribution in [-0.2, 0) is 61.6 Å². The molecule has 7 saturated heterocycles. The molecule has 23 heteroatoms. The van der Waals surface area contributed by atoms with E-state index in [9.17, 15) is 25.5 Å². The monoisotopic (exact) mass is 2220 g/mol. The van der Waals surface area contributed by atoms with Crippen molar-refractivity contribution in [3.8, 4) is 0 Å². The third-order valence-electron chi connectivity index (χ3n) is 20.8. The van der Waals surface area contributed by atoms with E-state index >= 15 is 0 Å². The van der Waals surface area contributed by atoms with Crippen LogP contribution >= 0.6 is 0 Å². The third kappa shape index (κ3) is 19.0. The van der Waals surface area contributed by atoms with Gasteiger partial charge in [0.05, 0.1) is 93.6 Å². The molecule has 0 aliphatic carbocycles. The molecule has 0 aromatic heterocycles. The molecule has 35 atom stereocenters. The zero-order valence-electron chi connectivity index (χ0n) is 52.2. The Morgan fingerprint density at radius 2 is 0.531 bits per heavy atom. The first kappa shape index (κ1) is 83.6.